The lowest BCUT2D eigenvalue weighted by Gasteiger charge is -2.40. The fourth-order valence-electron chi connectivity index (χ4n) is 4.87. The first-order valence-electron chi connectivity index (χ1n) is 11.5. The van der Waals surface area contributed by atoms with Crippen molar-refractivity contribution in [2.45, 2.75) is 44.6 Å². The molecule has 2 aliphatic rings. The highest BCUT2D eigenvalue weighted by atomic mass is 127. The maximum Gasteiger partial charge on any atom is 0.194 e. The molecule has 2 unspecified atom stereocenters. The molecule has 1 aromatic carbocycles. The number of piperidine rings is 1. The van der Waals surface area contributed by atoms with Gasteiger partial charge >= 0.3 is 0 Å². The summed E-state index contributed by atoms with van der Waals surface area (Å²) in [5.41, 5.74) is 1.24. The van der Waals surface area contributed by atoms with Gasteiger partial charge in [-0.15, -0.1) is 24.0 Å². The Morgan fingerprint density at radius 1 is 1.34 bits per heavy atom. The van der Waals surface area contributed by atoms with E-state index in [-0.39, 0.29) is 29.4 Å². The Balaban J connectivity index is 0.00000289. The van der Waals surface area contributed by atoms with Crippen LogP contribution in [0.3, 0.4) is 0 Å². The highest BCUT2D eigenvalue weighted by Gasteiger charge is 2.35. The molecule has 2 aromatic rings. The Morgan fingerprint density at radius 2 is 2.16 bits per heavy atom. The van der Waals surface area contributed by atoms with Crippen LogP contribution < -0.4 is 5.32 Å². The highest BCUT2D eigenvalue weighted by molar-refractivity contribution is 14.0. The van der Waals surface area contributed by atoms with E-state index in [1.165, 1.54) is 5.56 Å². The van der Waals surface area contributed by atoms with Gasteiger partial charge in [0, 0.05) is 55.7 Å². The minimum absolute atomic E-state index is 0. The number of aromatic nitrogens is 2. The Labute approximate surface area is 213 Å². The van der Waals surface area contributed by atoms with Crippen LogP contribution in [0.1, 0.15) is 44.7 Å². The molecular weight excluding hydrogens is 537 g/mol. The molecule has 32 heavy (non-hydrogen) atoms. The van der Waals surface area contributed by atoms with Crippen molar-refractivity contribution in [2.75, 3.05) is 39.4 Å². The molecule has 2 saturated heterocycles. The largest absolute Gasteiger partial charge is 0.381 e. The van der Waals surface area contributed by atoms with Gasteiger partial charge in [-0.2, -0.15) is 0 Å². The van der Waals surface area contributed by atoms with Crippen LogP contribution in [0.5, 0.6) is 0 Å². The van der Waals surface area contributed by atoms with Gasteiger partial charge in [-0.1, -0.05) is 30.7 Å². The van der Waals surface area contributed by atoms with Gasteiger partial charge in [0.2, 0.25) is 0 Å². The zero-order chi connectivity index (χ0) is 21.7. The standard InChI is InChI=1S/C24H34ClN5O.HI/c1-3-27-23(29-11-7-19(2)22(16-29)30-12-10-26-18-30)28-17-24(8-13-31-14-9-24)20-5-4-6-21(25)15-20;/h4-6,10,12,15,18-19,22H,3,7-9,11,13-14,16-17H2,1-2H3,(H,27,28);1H. The van der Waals surface area contributed by atoms with Crippen LogP contribution in [0, 0.1) is 5.92 Å². The minimum Gasteiger partial charge on any atom is -0.381 e. The Hall–Kier alpha value is -1.32. The summed E-state index contributed by atoms with van der Waals surface area (Å²) in [6.07, 6.45) is 8.94. The normalized spacial score (nSPS) is 23.5. The van der Waals surface area contributed by atoms with Crippen molar-refractivity contribution in [3.05, 3.63) is 53.6 Å². The number of rotatable bonds is 5. The summed E-state index contributed by atoms with van der Waals surface area (Å²) in [4.78, 5) is 11.9. The summed E-state index contributed by atoms with van der Waals surface area (Å²) in [6, 6.07) is 8.69. The van der Waals surface area contributed by atoms with Gasteiger partial charge in [-0.05, 0) is 49.8 Å². The topological polar surface area (TPSA) is 54.7 Å². The van der Waals surface area contributed by atoms with Crippen molar-refractivity contribution in [3.8, 4) is 0 Å². The molecule has 1 aromatic heterocycles. The molecule has 3 heterocycles. The zero-order valence-electron chi connectivity index (χ0n) is 19.0. The number of imidazole rings is 1. The predicted octanol–water partition coefficient (Wildman–Crippen LogP) is 4.75. The van der Waals surface area contributed by atoms with E-state index in [1.54, 1.807) is 0 Å². The fraction of sp³-hybridized carbons (Fsp3) is 0.583. The van der Waals surface area contributed by atoms with Crippen LogP contribution in [0.2, 0.25) is 5.02 Å². The quantitative estimate of drug-likeness (QED) is 0.320. The third kappa shape index (κ3) is 5.78. The molecule has 0 aliphatic carbocycles. The van der Waals surface area contributed by atoms with E-state index in [4.69, 9.17) is 21.3 Å². The lowest BCUT2D eigenvalue weighted by molar-refractivity contribution is 0.0529. The predicted molar refractivity (Wildman–Crippen MR) is 141 cm³/mol. The first-order valence-corrected chi connectivity index (χ1v) is 11.8. The number of halogens is 2. The van der Waals surface area contributed by atoms with Gasteiger partial charge < -0.3 is 19.5 Å². The summed E-state index contributed by atoms with van der Waals surface area (Å²) >= 11 is 6.34. The third-order valence-corrected chi connectivity index (χ3v) is 7.11. The van der Waals surface area contributed by atoms with Crippen LogP contribution in [-0.4, -0.2) is 59.8 Å². The van der Waals surface area contributed by atoms with E-state index in [2.05, 4.69) is 51.9 Å². The van der Waals surface area contributed by atoms with E-state index < -0.39 is 0 Å². The molecule has 176 valence electrons. The number of aliphatic imine (C=N–C) groups is 1. The summed E-state index contributed by atoms with van der Waals surface area (Å²) in [7, 11) is 0. The van der Waals surface area contributed by atoms with E-state index in [0.29, 0.717) is 12.0 Å². The molecule has 0 radical (unpaired) electrons. The third-order valence-electron chi connectivity index (χ3n) is 6.88. The monoisotopic (exact) mass is 571 g/mol. The molecule has 4 rings (SSSR count). The Morgan fingerprint density at radius 3 is 2.84 bits per heavy atom. The van der Waals surface area contributed by atoms with E-state index in [0.717, 1.165) is 69.6 Å². The number of benzene rings is 1. The number of guanidine groups is 1. The molecule has 0 spiro atoms. The van der Waals surface area contributed by atoms with Crippen molar-refractivity contribution < 1.29 is 4.74 Å². The van der Waals surface area contributed by atoms with Gasteiger partial charge in [0.15, 0.2) is 5.96 Å². The maximum absolute atomic E-state index is 6.34. The van der Waals surface area contributed by atoms with Gasteiger partial charge in [-0.3, -0.25) is 4.99 Å². The van der Waals surface area contributed by atoms with Crippen LogP contribution in [0.25, 0.3) is 0 Å². The summed E-state index contributed by atoms with van der Waals surface area (Å²) in [5.74, 6) is 1.62. The molecule has 6 nitrogen and oxygen atoms in total. The maximum atomic E-state index is 6.34. The molecule has 0 saturated carbocycles. The molecule has 8 heteroatoms. The second-order valence-electron chi connectivity index (χ2n) is 8.86. The van der Waals surface area contributed by atoms with E-state index in [9.17, 15) is 0 Å². The molecule has 2 aliphatic heterocycles. The van der Waals surface area contributed by atoms with Crippen molar-refractivity contribution >= 4 is 41.5 Å². The minimum atomic E-state index is -0.0311. The van der Waals surface area contributed by atoms with Crippen molar-refractivity contribution in [1.82, 2.24) is 19.8 Å². The summed E-state index contributed by atoms with van der Waals surface area (Å²) in [6.45, 7) is 9.56. The van der Waals surface area contributed by atoms with Crippen molar-refractivity contribution in [1.29, 1.82) is 0 Å². The van der Waals surface area contributed by atoms with Gasteiger partial charge in [-0.25, -0.2) is 4.98 Å². The Bertz CT molecular complexity index is 869. The number of nitrogens with one attached hydrogen (secondary N) is 1. The van der Waals surface area contributed by atoms with Crippen LogP contribution >= 0.6 is 35.6 Å². The van der Waals surface area contributed by atoms with Gasteiger partial charge in [0.1, 0.15) is 0 Å². The first-order chi connectivity index (χ1) is 15.1. The Kier molecular flexibility index (Phi) is 9.25. The smallest absolute Gasteiger partial charge is 0.194 e. The second kappa shape index (κ2) is 11.7. The van der Waals surface area contributed by atoms with Gasteiger partial charge in [0.05, 0.1) is 18.9 Å². The zero-order valence-corrected chi connectivity index (χ0v) is 22.1. The highest BCUT2D eigenvalue weighted by Crippen LogP contribution is 2.36. The molecular formula is C24H35ClIN5O. The average molecular weight is 572 g/mol. The molecule has 0 amide bonds. The number of nitrogens with zero attached hydrogens (tertiary/aromatic N) is 4. The second-order valence-corrected chi connectivity index (χ2v) is 9.30. The van der Waals surface area contributed by atoms with Crippen LogP contribution in [0.4, 0.5) is 0 Å². The van der Waals surface area contributed by atoms with Crippen molar-refractivity contribution in [3.63, 3.8) is 0 Å². The number of ether oxygens (including phenoxy) is 1. The fourth-order valence-corrected chi connectivity index (χ4v) is 5.06. The SMILES string of the molecule is CCNC(=NCC1(c2cccc(Cl)c2)CCOCC1)N1CCC(C)C(n2ccnc2)C1.I. The lowest BCUT2D eigenvalue weighted by atomic mass is 9.74. The first kappa shape index (κ1) is 25.3. The molecule has 1 N–H and O–H groups in total. The summed E-state index contributed by atoms with van der Waals surface area (Å²) in [5, 5.41) is 4.33. The number of likely N-dealkylation sites (tertiary alicyclic amines) is 1. The molecule has 2 atom stereocenters. The van der Waals surface area contributed by atoms with Crippen molar-refractivity contribution in [2.24, 2.45) is 10.9 Å². The van der Waals surface area contributed by atoms with Crippen LogP contribution in [0.15, 0.2) is 48.0 Å². The number of hydrogen-bond donors (Lipinski definition) is 1. The number of hydrogen-bond acceptors (Lipinski definition) is 3. The van der Waals surface area contributed by atoms with E-state index in [1.807, 2.05) is 24.7 Å². The lowest BCUT2D eigenvalue weighted by Crippen LogP contribution is -2.49. The van der Waals surface area contributed by atoms with Gasteiger partial charge in [0.25, 0.3) is 0 Å². The van der Waals surface area contributed by atoms with E-state index >= 15 is 0 Å². The summed E-state index contributed by atoms with van der Waals surface area (Å²) < 4.78 is 7.94. The molecule has 0 bridgehead atoms. The molecule has 2 fully saturated rings. The van der Waals surface area contributed by atoms with Crippen LogP contribution in [-0.2, 0) is 10.2 Å². The average Bonchev–Trinajstić information content (AvgIpc) is 3.32.